The van der Waals surface area contributed by atoms with Gasteiger partial charge in [0.15, 0.2) is 11.5 Å². The Balaban J connectivity index is 1.22. The van der Waals surface area contributed by atoms with E-state index >= 15 is 0 Å². The number of sulfonamides is 1. The van der Waals surface area contributed by atoms with Crippen molar-refractivity contribution in [1.82, 2.24) is 9.88 Å². The highest BCUT2D eigenvalue weighted by Gasteiger charge is 2.28. The lowest BCUT2D eigenvalue weighted by atomic mass is 9.96. The number of benzene rings is 3. The Morgan fingerprint density at radius 2 is 1.65 bits per heavy atom. The van der Waals surface area contributed by atoms with Crippen LogP contribution in [0, 0.1) is 6.92 Å². The van der Waals surface area contributed by atoms with Crippen LogP contribution in [0.2, 0.25) is 0 Å². The SMILES string of the molecule is Cc1ccc(NS(=O)(=O)c2ccc(C(=O)N3CCC(c4nc5ccccc5o4)CC3)cc2)cc1. The number of nitrogens with zero attached hydrogens (tertiary/aromatic N) is 2. The average Bonchev–Trinajstić information content (AvgIpc) is 3.29. The molecular formula is C26H25N3O4S. The highest BCUT2D eigenvalue weighted by molar-refractivity contribution is 7.92. The van der Waals surface area contributed by atoms with E-state index in [-0.39, 0.29) is 16.7 Å². The summed E-state index contributed by atoms with van der Waals surface area (Å²) in [5.41, 5.74) is 3.64. The van der Waals surface area contributed by atoms with Crippen LogP contribution in [-0.2, 0) is 10.0 Å². The molecule has 1 amide bonds. The molecule has 2 heterocycles. The van der Waals surface area contributed by atoms with Gasteiger partial charge in [-0.05, 0) is 68.3 Å². The first-order valence-electron chi connectivity index (χ1n) is 11.2. The highest BCUT2D eigenvalue weighted by atomic mass is 32.2. The molecule has 0 unspecified atom stereocenters. The molecule has 174 valence electrons. The fraction of sp³-hybridized carbons (Fsp3) is 0.231. The lowest BCUT2D eigenvalue weighted by molar-refractivity contribution is 0.0706. The number of hydrogen-bond acceptors (Lipinski definition) is 5. The van der Waals surface area contributed by atoms with Crippen LogP contribution in [0.15, 0.2) is 82.1 Å². The minimum Gasteiger partial charge on any atom is -0.440 e. The number of likely N-dealkylation sites (tertiary alicyclic amines) is 1. The maximum absolute atomic E-state index is 13.0. The van der Waals surface area contributed by atoms with E-state index in [1.807, 2.05) is 43.3 Å². The van der Waals surface area contributed by atoms with Crippen molar-refractivity contribution >= 4 is 32.7 Å². The largest absolute Gasteiger partial charge is 0.440 e. The Bertz CT molecular complexity index is 1390. The molecule has 1 fully saturated rings. The standard InChI is InChI=1S/C26H25N3O4S/c1-18-6-10-21(11-7-18)28-34(31,32)22-12-8-20(9-13-22)26(30)29-16-14-19(15-17-29)25-27-23-4-2-3-5-24(23)33-25/h2-13,19,28H,14-17H2,1H3. The number of anilines is 1. The number of oxazole rings is 1. The number of hydrogen-bond donors (Lipinski definition) is 1. The third-order valence-corrected chi connectivity index (χ3v) is 7.55. The van der Waals surface area contributed by atoms with Crippen molar-refractivity contribution in [2.75, 3.05) is 17.8 Å². The van der Waals surface area contributed by atoms with Gasteiger partial charge < -0.3 is 9.32 Å². The summed E-state index contributed by atoms with van der Waals surface area (Å²) in [4.78, 5) is 19.5. The molecule has 0 bridgehead atoms. The second-order valence-electron chi connectivity index (χ2n) is 8.58. The number of carbonyl (C=O) groups is 1. The number of fused-ring (bicyclic) bond motifs is 1. The molecule has 7 nitrogen and oxygen atoms in total. The molecule has 0 aliphatic carbocycles. The van der Waals surface area contributed by atoms with E-state index in [0.29, 0.717) is 24.3 Å². The first kappa shape index (κ1) is 22.2. The molecule has 0 spiro atoms. The maximum Gasteiger partial charge on any atom is 0.261 e. The monoisotopic (exact) mass is 475 g/mol. The van der Waals surface area contributed by atoms with Crippen LogP contribution in [0.1, 0.15) is 40.6 Å². The molecule has 0 atom stereocenters. The average molecular weight is 476 g/mol. The van der Waals surface area contributed by atoms with Gasteiger partial charge in [0.1, 0.15) is 5.52 Å². The topological polar surface area (TPSA) is 92.5 Å². The molecule has 1 aliphatic rings. The van der Waals surface area contributed by atoms with Gasteiger partial charge in [-0.15, -0.1) is 0 Å². The second kappa shape index (κ2) is 8.95. The predicted molar refractivity (Wildman–Crippen MR) is 130 cm³/mol. The van der Waals surface area contributed by atoms with E-state index in [4.69, 9.17) is 4.42 Å². The van der Waals surface area contributed by atoms with Crippen molar-refractivity contribution in [3.8, 4) is 0 Å². The van der Waals surface area contributed by atoms with Gasteiger partial charge in [-0.1, -0.05) is 29.8 Å². The predicted octanol–water partition coefficient (Wildman–Crippen LogP) is 4.96. The van der Waals surface area contributed by atoms with Crippen LogP contribution in [0.5, 0.6) is 0 Å². The molecule has 1 saturated heterocycles. The Morgan fingerprint density at radius 3 is 2.32 bits per heavy atom. The van der Waals surface area contributed by atoms with Crippen LogP contribution in [0.25, 0.3) is 11.1 Å². The van der Waals surface area contributed by atoms with Crippen molar-refractivity contribution < 1.29 is 17.6 Å². The Kier molecular flexibility index (Phi) is 5.83. The number of aryl methyl sites for hydroxylation is 1. The molecule has 5 rings (SSSR count). The first-order valence-corrected chi connectivity index (χ1v) is 12.7. The zero-order valence-electron chi connectivity index (χ0n) is 18.8. The number of nitrogens with one attached hydrogen (secondary N) is 1. The summed E-state index contributed by atoms with van der Waals surface area (Å²) < 4.78 is 33.8. The van der Waals surface area contributed by atoms with Gasteiger partial charge in [0, 0.05) is 30.3 Å². The van der Waals surface area contributed by atoms with Crippen molar-refractivity contribution in [3.63, 3.8) is 0 Å². The fourth-order valence-electron chi connectivity index (χ4n) is 4.19. The van der Waals surface area contributed by atoms with E-state index in [1.165, 1.54) is 12.1 Å². The Labute approximate surface area is 198 Å². The molecule has 1 N–H and O–H groups in total. The molecule has 34 heavy (non-hydrogen) atoms. The van der Waals surface area contributed by atoms with Gasteiger partial charge in [-0.2, -0.15) is 0 Å². The lowest BCUT2D eigenvalue weighted by Gasteiger charge is -2.30. The Hall–Kier alpha value is -3.65. The van der Waals surface area contributed by atoms with E-state index in [0.717, 1.165) is 35.4 Å². The molecule has 1 aromatic heterocycles. The molecule has 1 aliphatic heterocycles. The number of piperidine rings is 1. The lowest BCUT2D eigenvalue weighted by Crippen LogP contribution is -2.38. The van der Waals surface area contributed by atoms with Gasteiger partial charge in [-0.25, -0.2) is 13.4 Å². The van der Waals surface area contributed by atoms with Crippen LogP contribution in [0.4, 0.5) is 5.69 Å². The molecule has 8 heteroatoms. The zero-order valence-corrected chi connectivity index (χ0v) is 19.6. The van der Waals surface area contributed by atoms with Crippen LogP contribution in [-0.4, -0.2) is 37.3 Å². The van der Waals surface area contributed by atoms with Crippen LogP contribution >= 0.6 is 0 Å². The van der Waals surface area contributed by atoms with Crippen LogP contribution in [0.3, 0.4) is 0 Å². The summed E-state index contributed by atoms with van der Waals surface area (Å²) in [7, 11) is -3.73. The van der Waals surface area contributed by atoms with Gasteiger partial charge >= 0.3 is 0 Å². The van der Waals surface area contributed by atoms with Gasteiger partial charge in [-0.3, -0.25) is 9.52 Å². The Morgan fingerprint density at radius 1 is 0.971 bits per heavy atom. The number of carbonyl (C=O) groups excluding carboxylic acids is 1. The maximum atomic E-state index is 13.0. The zero-order chi connectivity index (χ0) is 23.7. The van der Waals surface area contributed by atoms with E-state index in [2.05, 4.69) is 9.71 Å². The molecule has 4 aromatic rings. The first-order chi connectivity index (χ1) is 16.4. The van der Waals surface area contributed by atoms with Crippen molar-refractivity contribution in [3.05, 3.63) is 89.8 Å². The molecule has 0 radical (unpaired) electrons. The third kappa shape index (κ3) is 4.54. The van der Waals surface area contributed by atoms with Crippen LogP contribution < -0.4 is 4.72 Å². The minimum absolute atomic E-state index is 0.105. The summed E-state index contributed by atoms with van der Waals surface area (Å²) in [6.45, 7) is 3.13. The summed E-state index contributed by atoms with van der Waals surface area (Å²) >= 11 is 0. The summed E-state index contributed by atoms with van der Waals surface area (Å²) in [5, 5.41) is 0. The summed E-state index contributed by atoms with van der Waals surface area (Å²) in [6.07, 6.45) is 1.54. The summed E-state index contributed by atoms with van der Waals surface area (Å²) in [5.74, 6) is 0.798. The van der Waals surface area contributed by atoms with Gasteiger partial charge in [0.25, 0.3) is 15.9 Å². The molecule has 3 aromatic carbocycles. The van der Waals surface area contributed by atoms with Gasteiger partial charge in [0.05, 0.1) is 4.90 Å². The van der Waals surface area contributed by atoms with Crippen molar-refractivity contribution in [2.45, 2.75) is 30.6 Å². The number of amides is 1. The second-order valence-corrected chi connectivity index (χ2v) is 10.3. The molecule has 0 saturated carbocycles. The van der Waals surface area contributed by atoms with Gasteiger partial charge in [0.2, 0.25) is 0 Å². The summed E-state index contributed by atoms with van der Waals surface area (Å²) in [6, 6.07) is 20.9. The van der Waals surface area contributed by atoms with E-state index < -0.39 is 10.0 Å². The quantitative estimate of drug-likeness (QED) is 0.441. The van der Waals surface area contributed by atoms with Crippen molar-refractivity contribution in [1.29, 1.82) is 0 Å². The number of aromatic nitrogens is 1. The van der Waals surface area contributed by atoms with Crippen molar-refractivity contribution in [2.24, 2.45) is 0 Å². The van der Waals surface area contributed by atoms with E-state index in [1.54, 1.807) is 29.2 Å². The third-order valence-electron chi connectivity index (χ3n) is 6.16. The number of para-hydroxylation sites is 2. The smallest absolute Gasteiger partial charge is 0.261 e. The fourth-order valence-corrected chi connectivity index (χ4v) is 5.25. The molecular weight excluding hydrogens is 450 g/mol. The minimum atomic E-state index is -3.73. The highest BCUT2D eigenvalue weighted by Crippen LogP contribution is 2.30. The number of rotatable bonds is 5. The normalized spacial score (nSPS) is 14.9. The van der Waals surface area contributed by atoms with E-state index in [9.17, 15) is 13.2 Å².